The number of aryl methyl sites for hydroxylation is 3. The molecule has 0 spiro atoms. The number of carbonyl (C=O) groups is 2. The van der Waals surface area contributed by atoms with Gasteiger partial charge in [-0.3, -0.25) is 9.59 Å². The molecule has 118 valence electrons. The van der Waals surface area contributed by atoms with Gasteiger partial charge in [-0.15, -0.1) is 0 Å². The average Bonchev–Trinajstić information content (AvgIpc) is 3.12. The van der Waals surface area contributed by atoms with Crippen LogP contribution in [0.15, 0.2) is 18.2 Å². The van der Waals surface area contributed by atoms with E-state index in [0.717, 1.165) is 48.2 Å². The Bertz CT molecular complexity index is 817. The Kier molecular flexibility index (Phi) is 3.33. The molecule has 0 fully saturated rings. The van der Waals surface area contributed by atoms with E-state index in [0.29, 0.717) is 12.1 Å². The average molecular weight is 308 g/mol. The van der Waals surface area contributed by atoms with Crippen molar-refractivity contribution in [2.24, 2.45) is 0 Å². The van der Waals surface area contributed by atoms with Crippen LogP contribution in [-0.2, 0) is 19.3 Å². The molecule has 23 heavy (non-hydrogen) atoms. The molecule has 0 radical (unpaired) electrons. The maximum absolute atomic E-state index is 12.6. The summed E-state index contributed by atoms with van der Waals surface area (Å²) >= 11 is 0. The van der Waals surface area contributed by atoms with Crippen molar-refractivity contribution in [2.75, 3.05) is 5.32 Å². The zero-order chi connectivity index (χ0) is 16.0. The normalized spacial score (nSPS) is 16.1. The summed E-state index contributed by atoms with van der Waals surface area (Å²) in [5.74, 6) is -0.0146. The number of aromatic nitrogens is 1. The summed E-state index contributed by atoms with van der Waals surface area (Å²) in [6.45, 7) is 1.86. The number of carbonyl (C=O) groups excluding carboxylic acids is 2. The molecular weight excluding hydrogens is 288 g/mol. The predicted octanol–water partition coefficient (Wildman–Crippen LogP) is 3.58. The maximum Gasteiger partial charge on any atom is 0.272 e. The minimum Gasteiger partial charge on any atom is -0.354 e. The Morgan fingerprint density at radius 3 is 2.70 bits per heavy atom. The molecule has 0 atom stereocenters. The fraction of sp³-hybridized carbons (Fsp3) is 0.368. The number of fused-ring (bicyclic) bond motifs is 2. The first-order chi connectivity index (χ1) is 11.1. The van der Waals surface area contributed by atoms with Crippen LogP contribution < -0.4 is 5.32 Å². The number of Topliss-reactive ketones (excluding diaryl/α,β-unsaturated/α-hetero) is 1. The fourth-order valence-corrected chi connectivity index (χ4v) is 3.84. The quantitative estimate of drug-likeness (QED) is 0.890. The highest BCUT2D eigenvalue weighted by molar-refractivity contribution is 6.08. The van der Waals surface area contributed by atoms with Crippen molar-refractivity contribution in [1.82, 2.24) is 4.98 Å². The molecule has 0 unspecified atom stereocenters. The predicted molar refractivity (Wildman–Crippen MR) is 89.2 cm³/mol. The number of rotatable bonds is 2. The molecule has 0 saturated carbocycles. The fourth-order valence-electron chi connectivity index (χ4n) is 3.84. The van der Waals surface area contributed by atoms with Gasteiger partial charge in [0.1, 0.15) is 5.69 Å². The zero-order valence-corrected chi connectivity index (χ0v) is 13.3. The SMILES string of the molecule is Cc1c(C(=O)Nc2ccc3c(c2)CCC3)[nH]c2c1C(=O)CCC2. The standard InChI is InChI=1S/C19H20N2O2/c1-11-17-15(6-3-7-16(17)22)21-18(11)19(23)20-14-9-8-12-4-2-5-13(12)10-14/h8-10,21H,2-7H2,1H3,(H,20,23). The molecule has 1 aromatic heterocycles. The lowest BCUT2D eigenvalue weighted by molar-refractivity contribution is 0.0971. The molecule has 1 aromatic carbocycles. The number of nitrogens with one attached hydrogen (secondary N) is 2. The highest BCUT2D eigenvalue weighted by Gasteiger charge is 2.26. The van der Waals surface area contributed by atoms with Gasteiger partial charge in [-0.2, -0.15) is 0 Å². The second kappa shape index (κ2) is 5.37. The maximum atomic E-state index is 12.6. The van der Waals surface area contributed by atoms with Gasteiger partial charge in [0, 0.05) is 23.4 Å². The highest BCUT2D eigenvalue weighted by Crippen LogP contribution is 2.28. The first-order valence-electron chi connectivity index (χ1n) is 8.31. The highest BCUT2D eigenvalue weighted by atomic mass is 16.2. The van der Waals surface area contributed by atoms with E-state index in [-0.39, 0.29) is 11.7 Å². The summed E-state index contributed by atoms with van der Waals surface area (Å²) in [5, 5.41) is 2.97. The van der Waals surface area contributed by atoms with Crippen molar-refractivity contribution >= 4 is 17.4 Å². The van der Waals surface area contributed by atoms with E-state index in [9.17, 15) is 9.59 Å². The third kappa shape index (κ3) is 2.38. The van der Waals surface area contributed by atoms with Crippen LogP contribution in [0, 0.1) is 6.92 Å². The molecule has 0 aliphatic heterocycles. The summed E-state index contributed by atoms with van der Waals surface area (Å²) in [6, 6.07) is 6.14. The zero-order valence-electron chi connectivity index (χ0n) is 13.3. The largest absolute Gasteiger partial charge is 0.354 e. The van der Waals surface area contributed by atoms with E-state index in [4.69, 9.17) is 0 Å². The first-order valence-corrected chi connectivity index (χ1v) is 8.31. The summed E-state index contributed by atoms with van der Waals surface area (Å²) < 4.78 is 0. The summed E-state index contributed by atoms with van der Waals surface area (Å²) in [5.41, 5.74) is 6.50. The third-order valence-corrected chi connectivity index (χ3v) is 5.02. The molecule has 1 heterocycles. The van der Waals surface area contributed by atoms with Crippen molar-refractivity contribution in [3.63, 3.8) is 0 Å². The molecule has 2 aliphatic rings. The second-order valence-corrected chi connectivity index (χ2v) is 6.55. The van der Waals surface area contributed by atoms with E-state index in [1.54, 1.807) is 0 Å². The van der Waals surface area contributed by atoms with Crippen molar-refractivity contribution in [3.05, 3.63) is 51.8 Å². The number of aromatic amines is 1. The van der Waals surface area contributed by atoms with E-state index in [1.165, 1.54) is 17.5 Å². The summed E-state index contributed by atoms with van der Waals surface area (Å²) in [6.07, 6.45) is 5.69. The Hall–Kier alpha value is -2.36. The minimum atomic E-state index is -0.164. The molecule has 4 nitrogen and oxygen atoms in total. The van der Waals surface area contributed by atoms with Crippen LogP contribution in [-0.4, -0.2) is 16.7 Å². The third-order valence-electron chi connectivity index (χ3n) is 5.02. The number of benzene rings is 1. The van der Waals surface area contributed by atoms with E-state index in [2.05, 4.69) is 22.4 Å². The van der Waals surface area contributed by atoms with Gasteiger partial charge in [-0.1, -0.05) is 6.07 Å². The summed E-state index contributed by atoms with van der Waals surface area (Å²) in [7, 11) is 0. The van der Waals surface area contributed by atoms with E-state index in [1.807, 2.05) is 13.0 Å². The Labute approximate surface area is 135 Å². The van der Waals surface area contributed by atoms with Gasteiger partial charge in [0.25, 0.3) is 5.91 Å². The number of amides is 1. The van der Waals surface area contributed by atoms with E-state index >= 15 is 0 Å². The molecule has 4 rings (SSSR count). The van der Waals surface area contributed by atoms with Gasteiger partial charge in [0.05, 0.1) is 0 Å². The molecular formula is C19H20N2O2. The number of H-pyrrole nitrogens is 1. The van der Waals surface area contributed by atoms with Crippen LogP contribution in [0.2, 0.25) is 0 Å². The molecule has 0 bridgehead atoms. The number of hydrogen-bond acceptors (Lipinski definition) is 2. The van der Waals surface area contributed by atoms with Crippen LogP contribution in [0.1, 0.15) is 62.5 Å². The van der Waals surface area contributed by atoms with Crippen LogP contribution in [0.3, 0.4) is 0 Å². The molecule has 2 aliphatic carbocycles. The van der Waals surface area contributed by atoms with Gasteiger partial charge < -0.3 is 10.3 Å². The van der Waals surface area contributed by atoms with E-state index < -0.39 is 0 Å². The first kappa shape index (κ1) is 14.2. The van der Waals surface area contributed by atoms with Crippen LogP contribution in [0.4, 0.5) is 5.69 Å². The van der Waals surface area contributed by atoms with Crippen LogP contribution >= 0.6 is 0 Å². The summed E-state index contributed by atoms with van der Waals surface area (Å²) in [4.78, 5) is 27.9. The number of anilines is 1. The molecule has 4 heteroatoms. The topological polar surface area (TPSA) is 62.0 Å². The van der Waals surface area contributed by atoms with Crippen LogP contribution in [0.25, 0.3) is 0 Å². The monoisotopic (exact) mass is 308 g/mol. The van der Waals surface area contributed by atoms with Crippen molar-refractivity contribution in [1.29, 1.82) is 0 Å². The van der Waals surface area contributed by atoms with Crippen molar-refractivity contribution in [2.45, 2.75) is 45.4 Å². The van der Waals surface area contributed by atoms with Crippen molar-refractivity contribution in [3.8, 4) is 0 Å². The second-order valence-electron chi connectivity index (χ2n) is 6.55. The lowest BCUT2D eigenvalue weighted by Gasteiger charge is -2.09. The number of hydrogen-bond donors (Lipinski definition) is 2. The lowest BCUT2D eigenvalue weighted by Crippen LogP contribution is -2.14. The molecule has 0 saturated heterocycles. The van der Waals surface area contributed by atoms with Gasteiger partial charge >= 0.3 is 0 Å². The Morgan fingerprint density at radius 1 is 1.09 bits per heavy atom. The van der Waals surface area contributed by atoms with Gasteiger partial charge in [-0.05, 0) is 67.9 Å². The van der Waals surface area contributed by atoms with Gasteiger partial charge in [0.15, 0.2) is 5.78 Å². The van der Waals surface area contributed by atoms with Gasteiger partial charge in [-0.25, -0.2) is 0 Å². The van der Waals surface area contributed by atoms with Crippen LogP contribution in [0.5, 0.6) is 0 Å². The van der Waals surface area contributed by atoms with Crippen molar-refractivity contribution < 1.29 is 9.59 Å². The molecule has 2 N–H and O–H groups in total. The minimum absolute atomic E-state index is 0.150. The lowest BCUT2D eigenvalue weighted by atomic mass is 9.94. The number of ketones is 1. The molecule has 2 aromatic rings. The van der Waals surface area contributed by atoms with Gasteiger partial charge in [0.2, 0.25) is 0 Å². The molecule has 1 amide bonds. The Balaban J connectivity index is 1.61. The smallest absolute Gasteiger partial charge is 0.272 e. The Morgan fingerprint density at radius 2 is 1.87 bits per heavy atom.